The summed E-state index contributed by atoms with van der Waals surface area (Å²) < 4.78 is 0. The molecule has 0 saturated heterocycles. The van der Waals surface area contributed by atoms with Crippen molar-refractivity contribution in [1.82, 2.24) is 15.2 Å². The Morgan fingerprint density at radius 2 is 2.05 bits per heavy atom. The summed E-state index contributed by atoms with van der Waals surface area (Å²) in [5.74, 6) is -0.825. The number of urea groups is 1. The van der Waals surface area contributed by atoms with Gasteiger partial charge >= 0.3 is 12.0 Å². The summed E-state index contributed by atoms with van der Waals surface area (Å²) in [5, 5.41) is 11.7. The van der Waals surface area contributed by atoms with Crippen LogP contribution in [-0.2, 0) is 11.3 Å². The third-order valence-corrected chi connectivity index (χ3v) is 2.99. The van der Waals surface area contributed by atoms with Crippen LogP contribution in [0.25, 0.3) is 0 Å². The van der Waals surface area contributed by atoms with E-state index in [-0.39, 0.29) is 5.92 Å². The van der Waals surface area contributed by atoms with Gasteiger partial charge in [-0.25, -0.2) is 9.59 Å². The third kappa shape index (κ3) is 5.81. The summed E-state index contributed by atoms with van der Waals surface area (Å²) in [6, 6.07) is 4.31. The van der Waals surface area contributed by atoms with E-state index < -0.39 is 18.0 Å². The number of aromatic nitrogens is 1. The second-order valence-electron chi connectivity index (χ2n) is 5.60. The van der Waals surface area contributed by atoms with Crippen molar-refractivity contribution in [3.8, 4) is 0 Å². The van der Waals surface area contributed by atoms with Gasteiger partial charge in [-0.05, 0) is 31.4 Å². The molecule has 0 aliphatic rings. The lowest BCUT2D eigenvalue weighted by atomic mass is 10.0. The van der Waals surface area contributed by atoms with E-state index in [1.54, 1.807) is 7.05 Å². The number of rotatable bonds is 6. The van der Waals surface area contributed by atoms with Crippen molar-refractivity contribution in [3.63, 3.8) is 0 Å². The standard InChI is InChI=1S/C15H23N3O3/c1-10(2)8-13(14(19)20)17-15(21)18(4)9-12-7-5-6-11(3)16-12/h5-7,10,13H,8-9H2,1-4H3,(H,17,21)(H,19,20)/t13-/m0/s1. The van der Waals surface area contributed by atoms with Crippen LogP contribution in [0.4, 0.5) is 4.79 Å². The lowest BCUT2D eigenvalue weighted by molar-refractivity contribution is -0.139. The first-order valence-corrected chi connectivity index (χ1v) is 6.96. The number of carboxylic acid groups (broad SMARTS) is 1. The number of hydrogen-bond donors (Lipinski definition) is 2. The Hall–Kier alpha value is -2.11. The molecule has 0 fully saturated rings. The molecule has 0 aromatic carbocycles. The van der Waals surface area contributed by atoms with Crippen LogP contribution in [0.3, 0.4) is 0 Å². The minimum Gasteiger partial charge on any atom is -0.480 e. The largest absolute Gasteiger partial charge is 0.480 e. The molecule has 21 heavy (non-hydrogen) atoms. The zero-order chi connectivity index (χ0) is 16.0. The highest BCUT2D eigenvalue weighted by Gasteiger charge is 2.22. The Kier molecular flexibility index (Phi) is 6.14. The van der Waals surface area contributed by atoms with E-state index in [4.69, 9.17) is 5.11 Å². The maximum atomic E-state index is 12.1. The Labute approximate surface area is 125 Å². The van der Waals surface area contributed by atoms with Gasteiger partial charge in [-0.2, -0.15) is 0 Å². The van der Waals surface area contributed by atoms with Gasteiger partial charge in [0.15, 0.2) is 0 Å². The van der Waals surface area contributed by atoms with Gasteiger partial charge in [0, 0.05) is 12.7 Å². The summed E-state index contributed by atoms with van der Waals surface area (Å²) in [6.45, 7) is 6.05. The zero-order valence-electron chi connectivity index (χ0n) is 13.0. The number of aliphatic carboxylic acids is 1. The van der Waals surface area contributed by atoms with Crippen molar-refractivity contribution in [2.24, 2.45) is 5.92 Å². The van der Waals surface area contributed by atoms with E-state index in [0.29, 0.717) is 13.0 Å². The Morgan fingerprint density at radius 1 is 1.38 bits per heavy atom. The molecule has 1 rings (SSSR count). The number of aryl methyl sites for hydroxylation is 1. The van der Waals surface area contributed by atoms with Crippen LogP contribution in [0, 0.1) is 12.8 Å². The molecule has 116 valence electrons. The molecule has 6 nitrogen and oxygen atoms in total. The summed E-state index contributed by atoms with van der Waals surface area (Å²) in [7, 11) is 1.62. The van der Waals surface area contributed by atoms with Crippen LogP contribution in [0.15, 0.2) is 18.2 Å². The Bertz CT molecular complexity index is 503. The summed E-state index contributed by atoms with van der Waals surface area (Å²) >= 11 is 0. The maximum Gasteiger partial charge on any atom is 0.326 e. The van der Waals surface area contributed by atoms with Crippen molar-refractivity contribution < 1.29 is 14.7 Å². The van der Waals surface area contributed by atoms with E-state index >= 15 is 0 Å². The number of hydrogen-bond acceptors (Lipinski definition) is 3. The monoisotopic (exact) mass is 293 g/mol. The van der Waals surface area contributed by atoms with Gasteiger partial charge in [-0.3, -0.25) is 4.98 Å². The molecule has 6 heteroatoms. The van der Waals surface area contributed by atoms with E-state index in [1.807, 2.05) is 39.0 Å². The van der Waals surface area contributed by atoms with Gasteiger partial charge in [0.25, 0.3) is 0 Å². The lowest BCUT2D eigenvalue weighted by Crippen LogP contribution is -2.47. The fraction of sp³-hybridized carbons (Fsp3) is 0.533. The Morgan fingerprint density at radius 3 is 2.57 bits per heavy atom. The number of pyridine rings is 1. The summed E-state index contributed by atoms with van der Waals surface area (Å²) in [5.41, 5.74) is 1.65. The van der Waals surface area contributed by atoms with Gasteiger partial charge in [0.2, 0.25) is 0 Å². The van der Waals surface area contributed by atoms with Crippen molar-refractivity contribution in [2.45, 2.75) is 39.8 Å². The number of amides is 2. The summed E-state index contributed by atoms with van der Waals surface area (Å²) in [6.07, 6.45) is 0.400. The van der Waals surface area contributed by atoms with E-state index in [2.05, 4.69) is 10.3 Å². The molecule has 0 unspecified atom stereocenters. The number of carbonyl (C=O) groups excluding carboxylic acids is 1. The molecule has 1 heterocycles. The molecule has 0 aliphatic heterocycles. The predicted octanol–water partition coefficient (Wildman–Crippen LogP) is 2.03. The SMILES string of the molecule is Cc1cccc(CN(C)C(=O)N[C@@H](CC(C)C)C(=O)O)n1. The Balaban J connectivity index is 2.62. The average Bonchev–Trinajstić information content (AvgIpc) is 2.37. The molecule has 1 aromatic rings. The second kappa shape index (κ2) is 7.61. The minimum absolute atomic E-state index is 0.190. The number of nitrogens with zero attached hydrogens (tertiary/aromatic N) is 2. The minimum atomic E-state index is -1.01. The molecule has 2 N–H and O–H groups in total. The van der Waals surface area contributed by atoms with Gasteiger partial charge in [0.05, 0.1) is 12.2 Å². The number of carboxylic acids is 1. The van der Waals surface area contributed by atoms with Crippen molar-refractivity contribution in [2.75, 3.05) is 7.05 Å². The topological polar surface area (TPSA) is 82.5 Å². The molecule has 2 amide bonds. The highest BCUT2D eigenvalue weighted by molar-refractivity contribution is 5.82. The third-order valence-electron chi connectivity index (χ3n) is 2.99. The molecule has 1 aromatic heterocycles. The zero-order valence-corrected chi connectivity index (χ0v) is 13.0. The molecule has 1 atom stereocenters. The quantitative estimate of drug-likeness (QED) is 0.840. The average molecular weight is 293 g/mol. The van der Waals surface area contributed by atoms with Crippen molar-refractivity contribution >= 4 is 12.0 Å². The van der Waals surface area contributed by atoms with Crippen LogP contribution < -0.4 is 5.32 Å². The first-order valence-electron chi connectivity index (χ1n) is 6.96. The first-order chi connectivity index (χ1) is 9.79. The van der Waals surface area contributed by atoms with Gasteiger partial charge in [-0.15, -0.1) is 0 Å². The molecule has 0 radical (unpaired) electrons. The van der Waals surface area contributed by atoms with Crippen LogP contribution in [0.5, 0.6) is 0 Å². The number of carbonyl (C=O) groups is 2. The molecular formula is C15H23N3O3. The smallest absolute Gasteiger partial charge is 0.326 e. The molecule has 0 bridgehead atoms. The molecule has 0 aliphatic carbocycles. The normalized spacial score (nSPS) is 12.0. The first kappa shape index (κ1) is 16.9. The molecule has 0 saturated carbocycles. The second-order valence-corrected chi connectivity index (χ2v) is 5.60. The van der Waals surface area contributed by atoms with Crippen LogP contribution >= 0.6 is 0 Å². The van der Waals surface area contributed by atoms with Crippen LogP contribution in [0.2, 0.25) is 0 Å². The van der Waals surface area contributed by atoms with Gasteiger partial charge < -0.3 is 15.3 Å². The number of nitrogens with one attached hydrogen (secondary N) is 1. The fourth-order valence-electron chi connectivity index (χ4n) is 1.95. The highest BCUT2D eigenvalue weighted by Crippen LogP contribution is 2.07. The van der Waals surface area contributed by atoms with Crippen LogP contribution in [0.1, 0.15) is 31.7 Å². The van der Waals surface area contributed by atoms with E-state index in [1.165, 1.54) is 4.90 Å². The van der Waals surface area contributed by atoms with Crippen molar-refractivity contribution in [3.05, 3.63) is 29.6 Å². The van der Waals surface area contributed by atoms with Gasteiger partial charge in [0.1, 0.15) is 6.04 Å². The lowest BCUT2D eigenvalue weighted by Gasteiger charge is -2.22. The highest BCUT2D eigenvalue weighted by atomic mass is 16.4. The maximum absolute atomic E-state index is 12.1. The van der Waals surface area contributed by atoms with Gasteiger partial charge in [-0.1, -0.05) is 19.9 Å². The molecular weight excluding hydrogens is 270 g/mol. The van der Waals surface area contributed by atoms with Crippen LogP contribution in [-0.4, -0.2) is 40.1 Å². The van der Waals surface area contributed by atoms with E-state index in [0.717, 1.165) is 11.4 Å². The molecule has 0 spiro atoms. The fourth-order valence-corrected chi connectivity index (χ4v) is 1.95. The van der Waals surface area contributed by atoms with E-state index in [9.17, 15) is 9.59 Å². The predicted molar refractivity (Wildman–Crippen MR) is 79.9 cm³/mol. The van der Waals surface area contributed by atoms with Crippen molar-refractivity contribution in [1.29, 1.82) is 0 Å². The summed E-state index contributed by atoms with van der Waals surface area (Å²) in [4.78, 5) is 29.0.